The van der Waals surface area contributed by atoms with Crippen molar-refractivity contribution in [1.29, 1.82) is 0 Å². The fourth-order valence-corrected chi connectivity index (χ4v) is 3.52. The van der Waals surface area contributed by atoms with Crippen molar-refractivity contribution in [2.24, 2.45) is 0 Å². The van der Waals surface area contributed by atoms with Crippen LogP contribution in [-0.2, 0) is 6.54 Å². The number of rotatable bonds is 5. The quantitative estimate of drug-likeness (QED) is 0.621. The Hall–Kier alpha value is -3.42. The van der Waals surface area contributed by atoms with E-state index in [4.69, 9.17) is 0 Å². The van der Waals surface area contributed by atoms with Gasteiger partial charge in [0.2, 0.25) is 0 Å². The summed E-state index contributed by atoms with van der Waals surface area (Å²) in [4.78, 5) is 18.4. The van der Waals surface area contributed by atoms with Gasteiger partial charge < -0.3 is 15.5 Å². The van der Waals surface area contributed by atoms with E-state index in [1.54, 1.807) is 24.5 Å². The highest BCUT2D eigenvalue weighted by Gasteiger charge is 2.23. The highest BCUT2D eigenvalue weighted by molar-refractivity contribution is 5.74. The molecule has 3 aromatic rings. The van der Waals surface area contributed by atoms with Crippen molar-refractivity contribution in [3.05, 3.63) is 66.2 Å². The second kappa shape index (κ2) is 8.72. The van der Waals surface area contributed by atoms with Gasteiger partial charge >= 0.3 is 6.03 Å². The third-order valence-corrected chi connectivity index (χ3v) is 4.98. The number of H-pyrrole nitrogens is 1. The van der Waals surface area contributed by atoms with Crippen molar-refractivity contribution in [2.75, 3.05) is 18.0 Å². The number of aromatic amines is 1. The van der Waals surface area contributed by atoms with Crippen LogP contribution in [0.4, 0.5) is 15.0 Å². The molecule has 4 rings (SSSR count). The van der Waals surface area contributed by atoms with Gasteiger partial charge in [-0.15, -0.1) is 0 Å². The summed E-state index contributed by atoms with van der Waals surface area (Å²) in [6.07, 6.45) is 5.37. The molecule has 1 aromatic carbocycles. The van der Waals surface area contributed by atoms with Crippen LogP contribution in [0.15, 0.2) is 54.9 Å². The monoisotopic (exact) mass is 394 g/mol. The van der Waals surface area contributed by atoms with E-state index in [1.165, 1.54) is 12.1 Å². The molecule has 1 atom stereocenters. The van der Waals surface area contributed by atoms with Crippen LogP contribution in [0.2, 0.25) is 0 Å². The van der Waals surface area contributed by atoms with Crippen molar-refractivity contribution in [1.82, 2.24) is 25.8 Å². The Morgan fingerprint density at radius 3 is 2.93 bits per heavy atom. The molecule has 1 aliphatic heterocycles. The van der Waals surface area contributed by atoms with E-state index in [1.807, 2.05) is 18.2 Å². The molecule has 0 spiro atoms. The number of hydrogen-bond donors (Lipinski definition) is 3. The maximum Gasteiger partial charge on any atom is 0.315 e. The maximum atomic E-state index is 13.2. The van der Waals surface area contributed by atoms with Crippen LogP contribution in [0, 0.1) is 5.82 Å². The summed E-state index contributed by atoms with van der Waals surface area (Å²) >= 11 is 0. The third kappa shape index (κ3) is 4.90. The second-order valence-corrected chi connectivity index (χ2v) is 7.12. The lowest BCUT2D eigenvalue weighted by molar-refractivity contribution is 0.234. The van der Waals surface area contributed by atoms with Crippen LogP contribution in [-0.4, -0.2) is 40.3 Å². The Morgan fingerprint density at radius 1 is 1.24 bits per heavy atom. The lowest BCUT2D eigenvalue weighted by atomic mass is 10.1. The number of hydrogen-bond acceptors (Lipinski definition) is 4. The normalized spacial score (nSPS) is 16.4. The standard InChI is InChI=1S/C21H23FN6O/c22-17-4-1-3-15(11-17)13-24-21(29)25-18-5-2-10-28(14-18)20-12-19(26-27-20)16-6-8-23-9-7-16/h1,3-4,6-9,11-12,18H,2,5,10,13-14H2,(H,26,27)(H2,24,25,29)/t18-/m0/s1. The van der Waals surface area contributed by atoms with Crippen LogP contribution >= 0.6 is 0 Å². The Bertz CT molecular complexity index is 961. The second-order valence-electron chi connectivity index (χ2n) is 7.12. The number of carbonyl (C=O) groups excluding carboxylic acids is 1. The number of urea groups is 1. The molecular formula is C21H23FN6O. The molecule has 7 nitrogen and oxygen atoms in total. The first-order valence-corrected chi connectivity index (χ1v) is 9.67. The lowest BCUT2D eigenvalue weighted by Gasteiger charge is -2.33. The summed E-state index contributed by atoms with van der Waals surface area (Å²) in [7, 11) is 0. The van der Waals surface area contributed by atoms with Crippen LogP contribution in [0.3, 0.4) is 0 Å². The molecule has 0 radical (unpaired) electrons. The van der Waals surface area contributed by atoms with Gasteiger partial charge in [-0.3, -0.25) is 10.1 Å². The van der Waals surface area contributed by atoms with E-state index in [9.17, 15) is 9.18 Å². The molecule has 8 heteroatoms. The van der Waals surface area contributed by atoms with Crippen LogP contribution in [0.1, 0.15) is 18.4 Å². The van der Waals surface area contributed by atoms with Gasteiger partial charge in [0.15, 0.2) is 5.82 Å². The van der Waals surface area contributed by atoms with E-state index in [2.05, 4.69) is 30.7 Å². The SMILES string of the molecule is O=C(NCc1cccc(F)c1)N[C@H]1CCCN(c2cc(-c3ccncc3)[nH]n2)C1. The molecule has 1 fully saturated rings. The predicted molar refractivity (Wildman–Crippen MR) is 109 cm³/mol. The Morgan fingerprint density at radius 2 is 2.10 bits per heavy atom. The van der Waals surface area contributed by atoms with E-state index in [0.29, 0.717) is 6.54 Å². The van der Waals surface area contributed by atoms with Gasteiger partial charge in [-0.1, -0.05) is 12.1 Å². The topological polar surface area (TPSA) is 85.9 Å². The maximum absolute atomic E-state index is 13.2. The molecule has 0 aliphatic carbocycles. The fraction of sp³-hybridized carbons (Fsp3) is 0.286. The van der Waals surface area contributed by atoms with Gasteiger partial charge in [0.25, 0.3) is 0 Å². The molecule has 0 bridgehead atoms. The minimum absolute atomic E-state index is 0.0253. The van der Waals surface area contributed by atoms with E-state index >= 15 is 0 Å². The summed E-state index contributed by atoms with van der Waals surface area (Å²) in [5.41, 5.74) is 2.69. The molecule has 1 aliphatic rings. The fourth-order valence-electron chi connectivity index (χ4n) is 3.52. The van der Waals surface area contributed by atoms with Crippen molar-refractivity contribution in [3.63, 3.8) is 0 Å². The van der Waals surface area contributed by atoms with Crippen molar-refractivity contribution >= 4 is 11.8 Å². The molecule has 0 unspecified atom stereocenters. The number of aromatic nitrogens is 3. The van der Waals surface area contributed by atoms with Crippen LogP contribution < -0.4 is 15.5 Å². The molecule has 150 valence electrons. The van der Waals surface area contributed by atoms with Crippen molar-refractivity contribution < 1.29 is 9.18 Å². The Balaban J connectivity index is 1.31. The minimum Gasteiger partial charge on any atom is -0.353 e. The van der Waals surface area contributed by atoms with Gasteiger partial charge in [0.05, 0.1) is 5.69 Å². The van der Waals surface area contributed by atoms with Gasteiger partial charge in [0, 0.05) is 49.7 Å². The zero-order valence-corrected chi connectivity index (χ0v) is 15.9. The van der Waals surface area contributed by atoms with E-state index < -0.39 is 0 Å². The summed E-state index contributed by atoms with van der Waals surface area (Å²) in [6, 6.07) is 11.9. The highest BCUT2D eigenvalue weighted by Crippen LogP contribution is 2.23. The lowest BCUT2D eigenvalue weighted by Crippen LogP contribution is -2.50. The number of piperidine rings is 1. The van der Waals surface area contributed by atoms with Crippen molar-refractivity contribution in [3.8, 4) is 11.3 Å². The summed E-state index contributed by atoms with van der Waals surface area (Å²) in [6.45, 7) is 1.87. The largest absolute Gasteiger partial charge is 0.353 e. The summed E-state index contributed by atoms with van der Waals surface area (Å²) in [5, 5.41) is 13.3. The zero-order valence-electron chi connectivity index (χ0n) is 15.9. The van der Waals surface area contributed by atoms with E-state index in [0.717, 1.165) is 42.0 Å². The molecule has 29 heavy (non-hydrogen) atoms. The smallest absolute Gasteiger partial charge is 0.315 e. The van der Waals surface area contributed by atoms with Gasteiger partial charge in [-0.05, 0) is 42.7 Å². The number of halogens is 1. The molecular weight excluding hydrogens is 371 g/mol. The number of anilines is 1. The summed E-state index contributed by atoms with van der Waals surface area (Å²) < 4.78 is 13.2. The number of nitrogens with zero attached hydrogens (tertiary/aromatic N) is 3. The van der Waals surface area contributed by atoms with E-state index in [-0.39, 0.29) is 24.4 Å². The number of benzene rings is 1. The Kier molecular flexibility index (Phi) is 5.69. The average molecular weight is 394 g/mol. The minimum atomic E-state index is -0.308. The molecule has 2 amide bonds. The molecule has 2 aromatic heterocycles. The Labute approximate surface area is 168 Å². The number of amides is 2. The highest BCUT2D eigenvalue weighted by atomic mass is 19.1. The average Bonchev–Trinajstić information content (AvgIpc) is 3.24. The molecule has 3 heterocycles. The number of pyridine rings is 1. The third-order valence-electron chi connectivity index (χ3n) is 4.98. The van der Waals surface area contributed by atoms with Crippen molar-refractivity contribution in [2.45, 2.75) is 25.4 Å². The number of nitrogens with one attached hydrogen (secondary N) is 3. The number of carbonyl (C=O) groups is 1. The molecule has 1 saturated heterocycles. The van der Waals surface area contributed by atoms with Gasteiger partial charge in [-0.25, -0.2) is 9.18 Å². The van der Waals surface area contributed by atoms with Gasteiger partial charge in [-0.2, -0.15) is 5.10 Å². The molecule has 0 saturated carbocycles. The zero-order chi connectivity index (χ0) is 20.1. The predicted octanol–water partition coefficient (Wildman–Crippen LogP) is 3.08. The van der Waals surface area contributed by atoms with Gasteiger partial charge in [0.1, 0.15) is 5.82 Å². The van der Waals surface area contributed by atoms with Crippen LogP contribution in [0.25, 0.3) is 11.3 Å². The first kappa shape index (κ1) is 18.9. The van der Waals surface area contributed by atoms with Crippen LogP contribution in [0.5, 0.6) is 0 Å². The molecule has 3 N–H and O–H groups in total. The first-order valence-electron chi connectivity index (χ1n) is 9.67. The summed E-state index contributed by atoms with van der Waals surface area (Å²) in [5.74, 6) is 0.557. The first-order chi connectivity index (χ1) is 14.2.